The molecule has 0 heterocycles. The normalized spacial score (nSPS) is 11.9. The zero-order valence-electron chi connectivity index (χ0n) is 9.39. The fourth-order valence-electron chi connectivity index (χ4n) is 1.34. The summed E-state index contributed by atoms with van der Waals surface area (Å²) in [5.41, 5.74) is 6.21. The number of aliphatic carboxylic acids is 1. The summed E-state index contributed by atoms with van der Waals surface area (Å²) in [6.45, 7) is -0.324. The number of carbonyl (C=O) groups excluding carboxylic acids is 1. The number of aliphatic hydroxyl groups is 1. The van der Waals surface area contributed by atoms with Crippen molar-refractivity contribution in [2.75, 3.05) is 12.3 Å². The number of benzene rings is 1. The first-order valence-electron chi connectivity index (χ1n) is 5.15. The standard InChI is InChI=1S/C11H13BrN2O4/c12-8-2-1-6(13)5-7(8)10(16)14-9(3-4-15)11(17)18/h1-2,5,9,15H,3-4,13H2,(H,14,16)(H,17,18). The quantitative estimate of drug-likeness (QED) is 0.594. The van der Waals surface area contributed by atoms with Crippen molar-refractivity contribution < 1.29 is 19.8 Å². The second kappa shape index (κ2) is 6.36. The smallest absolute Gasteiger partial charge is 0.326 e. The number of nitrogens with one attached hydrogen (secondary N) is 1. The summed E-state index contributed by atoms with van der Waals surface area (Å²) in [4.78, 5) is 22.7. The Labute approximate surface area is 112 Å². The van der Waals surface area contributed by atoms with E-state index in [0.29, 0.717) is 10.2 Å². The van der Waals surface area contributed by atoms with Gasteiger partial charge in [-0.2, -0.15) is 0 Å². The van der Waals surface area contributed by atoms with Crippen LogP contribution in [-0.4, -0.2) is 34.7 Å². The second-order valence-corrected chi connectivity index (χ2v) is 4.47. The molecule has 1 amide bonds. The molecule has 0 aliphatic rings. The largest absolute Gasteiger partial charge is 0.480 e. The van der Waals surface area contributed by atoms with E-state index in [1.807, 2.05) is 0 Å². The first-order valence-corrected chi connectivity index (χ1v) is 5.94. The maximum Gasteiger partial charge on any atom is 0.326 e. The third kappa shape index (κ3) is 3.71. The zero-order chi connectivity index (χ0) is 13.7. The van der Waals surface area contributed by atoms with Crippen LogP contribution in [0.15, 0.2) is 22.7 Å². The van der Waals surface area contributed by atoms with Gasteiger partial charge in [-0.1, -0.05) is 0 Å². The number of carbonyl (C=O) groups is 2. The van der Waals surface area contributed by atoms with E-state index in [0.717, 1.165) is 0 Å². The number of nitrogen functional groups attached to an aromatic ring is 1. The summed E-state index contributed by atoms with van der Waals surface area (Å²) in [6.07, 6.45) is -0.0546. The molecule has 0 saturated carbocycles. The van der Waals surface area contributed by atoms with Crippen LogP contribution in [0.1, 0.15) is 16.8 Å². The van der Waals surface area contributed by atoms with E-state index in [1.165, 1.54) is 6.07 Å². The Morgan fingerprint density at radius 3 is 2.67 bits per heavy atom. The number of halogens is 1. The summed E-state index contributed by atoms with van der Waals surface area (Å²) >= 11 is 3.18. The highest BCUT2D eigenvalue weighted by atomic mass is 79.9. The summed E-state index contributed by atoms with van der Waals surface area (Å²) in [5.74, 6) is -1.76. The molecular formula is C11H13BrN2O4. The van der Waals surface area contributed by atoms with Crippen molar-refractivity contribution in [3.05, 3.63) is 28.2 Å². The highest BCUT2D eigenvalue weighted by molar-refractivity contribution is 9.10. The lowest BCUT2D eigenvalue weighted by Crippen LogP contribution is -2.41. The molecule has 18 heavy (non-hydrogen) atoms. The van der Waals surface area contributed by atoms with Gasteiger partial charge in [-0.05, 0) is 34.1 Å². The number of rotatable bonds is 5. The third-order valence-electron chi connectivity index (χ3n) is 2.26. The zero-order valence-corrected chi connectivity index (χ0v) is 11.0. The Balaban J connectivity index is 2.86. The molecule has 0 bridgehead atoms. The molecule has 1 aromatic rings. The SMILES string of the molecule is Nc1ccc(Br)c(C(=O)NC(CCO)C(=O)O)c1. The van der Waals surface area contributed by atoms with Crippen LogP contribution in [0.25, 0.3) is 0 Å². The Morgan fingerprint density at radius 2 is 2.11 bits per heavy atom. The molecule has 1 atom stereocenters. The highest BCUT2D eigenvalue weighted by Crippen LogP contribution is 2.19. The van der Waals surface area contributed by atoms with Gasteiger partial charge in [0.15, 0.2) is 0 Å². The van der Waals surface area contributed by atoms with Crippen molar-refractivity contribution in [3.63, 3.8) is 0 Å². The van der Waals surface area contributed by atoms with Gasteiger partial charge in [0, 0.05) is 23.2 Å². The maximum atomic E-state index is 11.9. The number of hydrogen-bond acceptors (Lipinski definition) is 4. The van der Waals surface area contributed by atoms with Crippen LogP contribution < -0.4 is 11.1 Å². The second-order valence-electron chi connectivity index (χ2n) is 3.62. The summed E-state index contributed by atoms with van der Waals surface area (Å²) < 4.78 is 0.516. The van der Waals surface area contributed by atoms with Gasteiger partial charge in [-0.3, -0.25) is 4.79 Å². The van der Waals surface area contributed by atoms with E-state index >= 15 is 0 Å². The molecule has 1 rings (SSSR count). The van der Waals surface area contributed by atoms with Gasteiger partial charge in [0.05, 0.1) is 5.56 Å². The fraction of sp³-hybridized carbons (Fsp3) is 0.273. The average molecular weight is 317 g/mol. The molecule has 5 N–H and O–H groups in total. The van der Waals surface area contributed by atoms with Crippen molar-refractivity contribution in [1.82, 2.24) is 5.32 Å². The van der Waals surface area contributed by atoms with Gasteiger partial charge in [-0.15, -0.1) is 0 Å². The van der Waals surface area contributed by atoms with Gasteiger partial charge >= 0.3 is 5.97 Å². The van der Waals surface area contributed by atoms with E-state index in [4.69, 9.17) is 15.9 Å². The first-order chi connectivity index (χ1) is 8.45. The predicted molar refractivity (Wildman–Crippen MR) is 69.1 cm³/mol. The van der Waals surface area contributed by atoms with Gasteiger partial charge in [0.1, 0.15) is 6.04 Å². The molecule has 1 aromatic carbocycles. The summed E-state index contributed by atoms with van der Waals surface area (Å²) in [6, 6.07) is 3.53. The molecule has 1 unspecified atom stereocenters. The molecule has 7 heteroatoms. The summed E-state index contributed by atoms with van der Waals surface area (Å²) in [5, 5.41) is 19.9. The van der Waals surface area contributed by atoms with Crippen molar-refractivity contribution in [3.8, 4) is 0 Å². The van der Waals surface area contributed by atoms with E-state index in [9.17, 15) is 9.59 Å². The number of carboxylic acids is 1. The Bertz CT molecular complexity index is 464. The number of aliphatic hydroxyl groups excluding tert-OH is 1. The molecule has 0 aliphatic heterocycles. The number of hydrogen-bond donors (Lipinski definition) is 4. The van der Waals surface area contributed by atoms with Crippen LogP contribution in [0.4, 0.5) is 5.69 Å². The van der Waals surface area contributed by atoms with E-state index < -0.39 is 17.9 Å². The minimum absolute atomic E-state index is 0.0546. The van der Waals surface area contributed by atoms with Gasteiger partial charge in [0.2, 0.25) is 0 Å². The van der Waals surface area contributed by atoms with Crippen LogP contribution in [0, 0.1) is 0 Å². The van der Waals surface area contributed by atoms with Crippen molar-refractivity contribution in [1.29, 1.82) is 0 Å². The number of nitrogens with two attached hydrogens (primary N) is 1. The molecule has 0 aromatic heterocycles. The minimum atomic E-state index is -1.20. The Hall–Kier alpha value is -1.60. The molecule has 0 spiro atoms. The van der Waals surface area contributed by atoms with Crippen LogP contribution in [0.3, 0.4) is 0 Å². The predicted octanol–water partition coefficient (Wildman–Crippen LogP) is 0.597. The topological polar surface area (TPSA) is 113 Å². The summed E-state index contributed by atoms with van der Waals surface area (Å²) in [7, 11) is 0. The fourth-order valence-corrected chi connectivity index (χ4v) is 1.77. The van der Waals surface area contributed by atoms with E-state index in [2.05, 4.69) is 21.2 Å². The first kappa shape index (κ1) is 14.5. The van der Waals surface area contributed by atoms with Gasteiger partial charge in [-0.25, -0.2) is 4.79 Å². The molecule has 0 saturated heterocycles. The van der Waals surface area contributed by atoms with E-state index in [1.54, 1.807) is 12.1 Å². The number of carboxylic acid groups (broad SMARTS) is 1. The lowest BCUT2D eigenvalue weighted by Gasteiger charge is -2.14. The minimum Gasteiger partial charge on any atom is -0.480 e. The van der Waals surface area contributed by atoms with Gasteiger partial charge in [0.25, 0.3) is 5.91 Å². The molecule has 0 aliphatic carbocycles. The third-order valence-corrected chi connectivity index (χ3v) is 2.95. The van der Waals surface area contributed by atoms with Crippen molar-refractivity contribution in [2.45, 2.75) is 12.5 Å². The van der Waals surface area contributed by atoms with Gasteiger partial charge < -0.3 is 21.3 Å². The van der Waals surface area contributed by atoms with Crippen LogP contribution in [-0.2, 0) is 4.79 Å². The molecule has 6 nitrogen and oxygen atoms in total. The van der Waals surface area contributed by atoms with Crippen molar-refractivity contribution in [2.24, 2.45) is 0 Å². The molecular weight excluding hydrogens is 304 g/mol. The maximum absolute atomic E-state index is 11.9. The lowest BCUT2D eigenvalue weighted by molar-refractivity contribution is -0.139. The monoisotopic (exact) mass is 316 g/mol. The van der Waals surface area contributed by atoms with Crippen LogP contribution in [0.2, 0.25) is 0 Å². The number of amides is 1. The molecule has 0 fully saturated rings. The Morgan fingerprint density at radius 1 is 1.44 bits per heavy atom. The highest BCUT2D eigenvalue weighted by Gasteiger charge is 2.21. The number of anilines is 1. The van der Waals surface area contributed by atoms with Crippen LogP contribution >= 0.6 is 15.9 Å². The molecule has 0 radical (unpaired) electrons. The Kier molecular flexibility index (Phi) is 5.11. The van der Waals surface area contributed by atoms with Crippen LogP contribution in [0.5, 0.6) is 0 Å². The van der Waals surface area contributed by atoms with Crippen molar-refractivity contribution >= 4 is 33.5 Å². The lowest BCUT2D eigenvalue weighted by atomic mass is 10.1. The van der Waals surface area contributed by atoms with E-state index in [-0.39, 0.29) is 18.6 Å². The molecule has 98 valence electrons. The average Bonchev–Trinajstić information content (AvgIpc) is 2.31.